The summed E-state index contributed by atoms with van der Waals surface area (Å²) in [6.45, 7) is 2.00. The second kappa shape index (κ2) is 6.76. The van der Waals surface area contributed by atoms with E-state index in [1.165, 1.54) is 0 Å². The van der Waals surface area contributed by atoms with Gasteiger partial charge in [-0.15, -0.1) is 0 Å². The predicted octanol–water partition coefficient (Wildman–Crippen LogP) is 4.40. The van der Waals surface area contributed by atoms with E-state index in [1.54, 1.807) is 4.90 Å². The number of fused-ring (bicyclic) bond motifs is 1. The molecule has 1 amide bonds. The molecule has 0 spiro atoms. The molecule has 0 radical (unpaired) electrons. The van der Waals surface area contributed by atoms with Crippen LogP contribution < -0.4 is 0 Å². The molecule has 1 N–H and O–H groups in total. The zero-order valence-electron chi connectivity index (χ0n) is 15.7. The molecule has 0 bridgehead atoms. The van der Waals surface area contributed by atoms with Crippen LogP contribution >= 0.6 is 0 Å². The van der Waals surface area contributed by atoms with Gasteiger partial charge in [0.1, 0.15) is 0 Å². The maximum absolute atomic E-state index is 13.0. The molecule has 1 atom stereocenters. The number of H-pyrrole nitrogens is 1. The highest BCUT2D eigenvalue weighted by molar-refractivity contribution is 5.98. The van der Waals surface area contributed by atoms with E-state index in [9.17, 15) is 4.79 Å². The van der Waals surface area contributed by atoms with Crippen LogP contribution in [-0.2, 0) is 7.05 Å². The van der Waals surface area contributed by atoms with Crippen LogP contribution in [0.1, 0.15) is 29.0 Å². The van der Waals surface area contributed by atoms with Gasteiger partial charge in [0.2, 0.25) is 0 Å². The fourth-order valence-corrected chi connectivity index (χ4v) is 3.29. The van der Waals surface area contributed by atoms with Crippen molar-refractivity contribution < 1.29 is 4.79 Å². The highest BCUT2D eigenvalue weighted by Crippen LogP contribution is 2.25. The van der Waals surface area contributed by atoms with Crippen molar-refractivity contribution >= 4 is 16.8 Å². The van der Waals surface area contributed by atoms with Crippen molar-refractivity contribution in [2.24, 2.45) is 7.05 Å². The van der Waals surface area contributed by atoms with E-state index in [0.29, 0.717) is 5.56 Å². The SMILES string of the molecule is CC(c1cc(-c2ccccc2)n[nH]1)N(C)C(=O)c1ccc2ccn(C)c2c1. The number of aryl methyl sites for hydroxylation is 1. The summed E-state index contributed by atoms with van der Waals surface area (Å²) in [5, 5.41) is 8.61. The third-order valence-corrected chi connectivity index (χ3v) is 5.15. The van der Waals surface area contributed by atoms with Gasteiger partial charge in [-0.25, -0.2) is 0 Å². The molecule has 0 fully saturated rings. The van der Waals surface area contributed by atoms with E-state index < -0.39 is 0 Å². The highest BCUT2D eigenvalue weighted by Gasteiger charge is 2.21. The van der Waals surface area contributed by atoms with Crippen LogP contribution in [0.15, 0.2) is 66.9 Å². The fraction of sp³-hybridized carbons (Fsp3) is 0.182. The van der Waals surface area contributed by atoms with E-state index >= 15 is 0 Å². The van der Waals surface area contributed by atoms with Crippen LogP contribution in [0.4, 0.5) is 0 Å². The highest BCUT2D eigenvalue weighted by atomic mass is 16.2. The number of carbonyl (C=O) groups excluding carboxylic acids is 1. The van der Waals surface area contributed by atoms with Crippen molar-refractivity contribution in [3.05, 3.63) is 78.1 Å². The Bertz CT molecular complexity index is 1090. The maximum atomic E-state index is 13.0. The molecule has 5 nitrogen and oxygen atoms in total. The minimum atomic E-state index is -0.119. The molecule has 2 aromatic heterocycles. The van der Waals surface area contributed by atoms with Gasteiger partial charge in [0.25, 0.3) is 5.91 Å². The summed E-state index contributed by atoms with van der Waals surface area (Å²) in [5.74, 6) is -0.0125. The molecular formula is C22H22N4O. The molecule has 0 saturated heterocycles. The topological polar surface area (TPSA) is 53.9 Å². The Labute approximate surface area is 158 Å². The van der Waals surface area contributed by atoms with Gasteiger partial charge in [-0.2, -0.15) is 5.10 Å². The Hall–Kier alpha value is -3.34. The Morgan fingerprint density at radius 1 is 1.11 bits per heavy atom. The fourth-order valence-electron chi connectivity index (χ4n) is 3.29. The standard InChI is InChI=1S/C22H22N4O/c1-15(19-14-20(24-23-19)16-7-5-4-6-8-16)26(3)22(27)18-10-9-17-11-12-25(2)21(17)13-18/h4-15H,1-3H3,(H,23,24). The molecular weight excluding hydrogens is 336 g/mol. The smallest absolute Gasteiger partial charge is 0.254 e. The zero-order chi connectivity index (χ0) is 19.0. The molecule has 4 rings (SSSR count). The monoisotopic (exact) mass is 358 g/mol. The van der Waals surface area contributed by atoms with E-state index in [-0.39, 0.29) is 11.9 Å². The number of benzene rings is 2. The predicted molar refractivity (Wildman–Crippen MR) is 107 cm³/mol. The number of hydrogen-bond acceptors (Lipinski definition) is 2. The van der Waals surface area contributed by atoms with Crippen molar-refractivity contribution in [3.63, 3.8) is 0 Å². The minimum Gasteiger partial charge on any atom is -0.351 e. The van der Waals surface area contributed by atoms with Crippen LogP contribution in [0.3, 0.4) is 0 Å². The molecule has 0 aliphatic carbocycles. The number of nitrogens with zero attached hydrogens (tertiary/aromatic N) is 3. The number of amides is 1. The lowest BCUT2D eigenvalue weighted by Gasteiger charge is -2.24. The number of hydrogen-bond donors (Lipinski definition) is 1. The summed E-state index contributed by atoms with van der Waals surface area (Å²) in [4.78, 5) is 14.7. The van der Waals surface area contributed by atoms with Crippen LogP contribution in [0.25, 0.3) is 22.2 Å². The zero-order valence-corrected chi connectivity index (χ0v) is 15.7. The quantitative estimate of drug-likeness (QED) is 0.588. The summed E-state index contributed by atoms with van der Waals surface area (Å²) in [7, 11) is 3.81. The van der Waals surface area contributed by atoms with Gasteiger partial charge in [0.05, 0.1) is 17.4 Å². The second-order valence-electron chi connectivity index (χ2n) is 6.87. The Morgan fingerprint density at radius 3 is 2.67 bits per heavy atom. The van der Waals surface area contributed by atoms with Crippen LogP contribution in [0.2, 0.25) is 0 Å². The number of aromatic nitrogens is 3. The Balaban J connectivity index is 1.57. The summed E-state index contributed by atoms with van der Waals surface area (Å²) < 4.78 is 2.02. The van der Waals surface area contributed by atoms with Crippen molar-refractivity contribution in [2.45, 2.75) is 13.0 Å². The first kappa shape index (κ1) is 17.1. The average Bonchev–Trinajstić information content (AvgIpc) is 3.34. The Morgan fingerprint density at radius 2 is 1.89 bits per heavy atom. The number of carbonyl (C=O) groups is 1. The van der Waals surface area contributed by atoms with Gasteiger partial charge in [-0.3, -0.25) is 9.89 Å². The van der Waals surface area contributed by atoms with Gasteiger partial charge in [0, 0.05) is 36.9 Å². The number of aromatic amines is 1. The molecule has 0 aliphatic rings. The largest absolute Gasteiger partial charge is 0.351 e. The van der Waals surface area contributed by atoms with Crippen molar-refractivity contribution in [1.82, 2.24) is 19.7 Å². The first-order valence-corrected chi connectivity index (χ1v) is 8.97. The molecule has 2 aromatic carbocycles. The lowest BCUT2D eigenvalue weighted by atomic mass is 10.1. The number of nitrogens with one attached hydrogen (secondary N) is 1. The van der Waals surface area contributed by atoms with Crippen LogP contribution in [0, 0.1) is 0 Å². The minimum absolute atomic E-state index is 0.0125. The maximum Gasteiger partial charge on any atom is 0.254 e. The van der Waals surface area contributed by atoms with Crippen LogP contribution in [-0.4, -0.2) is 32.6 Å². The Kier molecular flexibility index (Phi) is 4.28. The van der Waals surface area contributed by atoms with Crippen molar-refractivity contribution in [2.75, 3.05) is 7.05 Å². The van der Waals surface area contributed by atoms with Gasteiger partial charge >= 0.3 is 0 Å². The third-order valence-electron chi connectivity index (χ3n) is 5.15. The average molecular weight is 358 g/mol. The summed E-state index contributed by atoms with van der Waals surface area (Å²) in [6, 6.07) is 19.8. The molecule has 0 saturated carbocycles. The normalized spacial score (nSPS) is 12.3. The molecule has 4 aromatic rings. The summed E-state index contributed by atoms with van der Waals surface area (Å²) in [5.41, 5.74) is 4.57. The van der Waals surface area contributed by atoms with Crippen molar-refractivity contribution in [3.8, 4) is 11.3 Å². The van der Waals surface area contributed by atoms with E-state index in [0.717, 1.165) is 27.9 Å². The first-order valence-electron chi connectivity index (χ1n) is 8.97. The molecule has 1 unspecified atom stereocenters. The summed E-state index contributed by atoms with van der Waals surface area (Å²) in [6.07, 6.45) is 2.00. The van der Waals surface area contributed by atoms with E-state index in [4.69, 9.17) is 0 Å². The molecule has 2 heterocycles. The van der Waals surface area contributed by atoms with Gasteiger partial charge in [-0.05, 0) is 36.6 Å². The van der Waals surface area contributed by atoms with Crippen molar-refractivity contribution in [1.29, 1.82) is 0 Å². The molecule has 27 heavy (non-hydrogen) atoms. The first-order chi connectivity index (χ1) is 13.0. The molecule has 5 heteroatoms. The lowest BCUT2D eigenvalue weighted by Crippen LogP contribution is -2.29. The van der Waals surface area contributed by atoms with Gasteiger partial charge in [0.15, 0.2) is 0 Å². The lowest BCUT2D eigenvalue weighted by molar-refractivity contribution is 0.0740. The number of rotatable bonds is 4. The summed E-state index contributed by atoms with van der Waals surface area (Å²) >= 11 is 0. The van der Waals surface area contributed by atoms with E-state index in [1.807, 2.05) is 92.4 Å². The van der Waals surface area contributed by atoms with Crippen LogP contribution in [0.5, 0.6) is 0 Å². The third kappa shape index (κ3) is 3.12. The van der Waals surface area contributed by atoms with Gasteiger partial charge < -0.3 is 9.47 Å². The second-order valence-corrected chi connectivity index (χ2v) is 6.87. The van der Waals surface area contributed by atoms with Gasteiger partial charge in [-0.1, -0.05) is 36.4 Å². The van der Waals surface area contributed by atoms with E-state index in [2.05, 4.69) is 10.2 Å². The molecule has 136 valence electrons. The molecule has 0 aliphatic heterocycles.